The minimum atomic E-state index is -1.08. The van der Waals surface area contributed by atoms with Crippen LogP contribution in [0.4, 0.5) is 0 Å². The number of aliphatic hydroxyl groups excluding tert-OH is 1. The summed E-state index contributed by atoms with van der Waals surface area (Å²) in [5, 5.41) is 9.65. The molecule has 3 rings (SSSR count). The summed E-state index contributed by atoms with van der Waals surface area (Å²) >= 11 is 0. The van der Waals surface area contributed by atoms with Gasteiger partial charge in [-0.3, -0.25) is 19.4 Å². The first-order valence-electron chi connectivity index (χ1n) is 6.65. The van der Waals surface area contributed by atoms with Gasteiger partial charge in [-0.1, -0.05) is 0 Å². The van der Waals surface area contributed by atoms with Gasteiger partial charge in [0.25, 0.3) is 0 Å². The molecule has 3 heterocycles. The van der Waals surface area contributed by atoms with Crippen LogP contribution in [0, 0.1) is 0 Å². The average Bonchev–Trinajstić information content (AvgIpc) is 2.92. The lowest BCUT2D eigenvalue weighted by atomic mass is 10.1. The predicted octanol–water partition coefficient (Wildman–Crippen LogP) is -1.92. The van der Waals surface area contributed by atoms with Gasteiger partial charge in [0.15, 0.2) is 0 Å². The van der Waals surface area contributed by atoms with E-state index in [-0.39, 0.29) is 18.9 Å². The lowest BCUT2D eigenvalue weighted by molar-refractivity contribution is -0.158. The Morgan fingerprint density at radius 1 is 0.950 bits per heavy atom. The molecule has 3 fully saturated rings. The molecule has 3 unspecified atom stereocenters. The number of rotatable bonds is 2. The van der Waals surface area contributed by atoms with Crippen LogP contribution in [0.5, 0.6) is 0 Å². The topological polar surface area (TPSA) is 96.4 Å². The summed E-state index contributed by atoms with van der Waals surface area (Å²) in [6.45, 7) is 2.39. The fourth-order valence-corrected chi connectivity index (χ4v) is 2.96. The molecule has 8 heteroatoms. The summed E-state index contributed by atoms with van der Waals surface area (Å²) in [4.78, 5) is 37.6. The van der Waals surface area contributed by atoms with Crippen molar-refractivity contribution in [2.75, 3.05) is 26.2 Å². The second-order valence-electron chi connectivity index (χ2n) is 5.24. The number of carbonyl (C=O) groups is 3. The highest BCUT2D eigenvalue weighted by Crippen LogP contribution is 2.23. The number of aliphatic hydroxyl groups is 1. The molecule has 0 aliphatic carbocycles. The summed E-state index contributed by atoms with van der Waals surface area (Å²) < 4.78 is 9.27. The summed E-state index contributed by atoms with van der Waals surface area (Å²) in [5.74, 6) is -1.36. The van der Waals surface area contributed by atoms with Crippen LogP contribution in [0.3, 0.4) is 0 Å². The van der Waals surface area contributed by atoms with E-state index in [0.29, 0.717) is 26.2 Å². The van der Waals surface area contributed by atoms with E-state index in [0.717, 1.165) is 0 Å². The smallest absolute Gasteiger partial charge is 0.331 e. The van der Waals surface area contributed by atoms with E-state index in [1.165, 1.54) is 0 Å². The molecule has 8 nitrogen and oxygen atoms in total. The van der Waals surface area contributed by atoms with Crippen molar-refractivity contribution in [1.82, 2.24) is 9.80 Å². The number of carbonyl (C=O) groups excluding carboxylic acids is 3. The van der Waals surface area contributed by atoms with Gasteiger partial charge in [0.1, 0.15) is 6.04 Å². The van der Waals surface area contributed by atoms with Crippen LogP contribution in [0.2, 0.25) is 0 Å². The molecule has 0 radical (unpaired) electrons. The highest BCUT2D eigenvalue weighted by molar-refractivity contribution is 5.96. The summed E-state index contributed by atoms with van der Waals surface area (Å²) in [6.07, 6.45) is -0.787. The van der Waals surface area contributed by atoms with Crippen LogP contribution >= 0.6 is 0 Å². The van der Waals surface area contributed by atoms with E-state index < -0.39 is 30.2 Å². The zero-order chi connectivity index (χ0) is 14.3. The van der Waals surface area contributed by atoms with Gasteiger partial charge in [-0.15, -0.1) is 0 Å². The number of esters is 3. The lowest BCUT2D eigenvalue weighted by Gasteiger charge is -2.39. The van der Waals surface area contributed by atoms with Gasteiger partial charge in [-0.25, -0.2) is 4.79 Å². The Bertz CT molecular complexity index is 445. The third-order valence-electron chi connectivity index (χ3n) is 4.06. The Balaban J connectivity index is 1.56. The molecular formula is C12H16N2O6. The maximum absolute atomic E-state index is 11.5. The first kappa shape index (κ1) is 13.5. The molecule has 3 saturated heterocycles. The molecule has 1 N–H and O–H groups in total. The Hall–Kier alpha value is -1.51. The van der Waals surface area contributed by atoms with E-state index in [9.17, 15) is 19.5 Å². The fraction of sp³-hybridized carbons (Fsp3) is 0.750. The zero-order valence-corrected chi connectivity index (χ0v) is 10.9. The molecule has 0 bridgehead atoms. The highest BCUT2D eigenvalue weighted by atomic mass is 16.6. The molecular weight excluding hydrogens is 268 g/mol. The molecule has 3 aliphatic rings. The van der Waals surface area contributed by atoms with Crippen molar-refractivity contribution in [3.63, 3.8) is 0 Å². The minimum absolute atomic E-state index is 0.104. The third kappa shape index (κ3) is 2.41. The predicted molar refractivity (Wildman–Crippen MR) is 63.2 cm³/mol. The Morgan fingerprint density at radius 2 is 1.60 bits per heavy atom. The van der Waals surface area contributed by atoms with Crippen LogP contribution in [-0.4, -0.2) is 77.4 Å². The molecule has 0 spiro atoms. The SMILES string of the molecule is O=C1CC(N2CCN(C3CC(=O)OC3O)CC2)C(=O)O1. The van der Waals surface area contributed by atoms with Crippen molar-refractivity contribution in [3.8, 4) is 0 Å². The first-order valence-corrected chi connectivity index (χ1v) is 6.65. The minimum Gasteiger partial charge on any atom is -0.434 e. The summed E-state index contributed by atoms with van der Waals surface area (Å²) in [6, 6.07) is -0.808. The van der Waals surface area contributed by atoms with Crippen LogP contribution in [-0.2, 0) is 23.9 Å². The van der Waals surface area contributed by atoms with E-state index in [2.05, 4.69) is 4.74 Å². The maximum Gasteiger partial charge on any atom is 0.331 e. The standard InChI is InChI=1S/C12H16N2O6/c15-9-5-7(11(17)19-9)13-1-2-14(4-3-13)8-6-10(16)20-12(8)18/h7-8,11,17H,1-6H2. The van der Waals surface area contributed by atoms with Gasteiger partial charge in [0.05, 0.1) is 18.9 Å². The molecule has 0 aromatic rings. The normalized spacial score (nSPS) is 36.2. The number of cyclic esters (lactones) is 3. The van der Waals surface area contributed by atoms with Gasteiger partial charge in [0.2, 0.25) is 6.29 Å². The molecule has 110 valence electrons. The summed E-state index contributed by atoms with van der Waals surface area (Å²) in [5.41, 5.74) is 0. The van der Waals surface area contributed by atoms with Crippen molar-refractivity contribution in [3.05, 3.63) is 0 Å². The number of hydrogen-bond donors (Lipinski definition) is 1. The number of piperazine rings is 1. The van der Waals surface area contributed by atoms with Crippen LogP contribution < -0.4 is 0 Å². The fourth-order valence-electron chi connectivity index (χ4n) is 2.96. The van der Waals surface area contributed by atoms with Crippen LogP contribution in [0.25, 0.3) is 0 Å². The van der Waals surface area contributed by atoms with Crippen molar-refractivity contribution in [2.45, 2.75) is 31.2 Å². The van der Waals surface area contributed by atoms with E-state index in [1.54, 1.807) is 0 Å². The Kier molecular flexibility index (Phi) is 3.45. The molecule has 0 aromatic carbocycles. The summed E-state index contributed by atoms with van der Waals surface area (Å²) in [7, 11) is 0. The molecule has 3 atom stereocenters. The van der Waals surface area contributed by atoms with Crippen molar-refractivity contribution in [2.24, 2.45) is 0 Å². The Labute approximate surface area is 115 Å². The van der Waals surface area contributed by atoms with Crippen LogP contribution in [0.15, 0.2) is 0 Å². The lowest BCUT2D eigenvalue weighted by Crippen LogP contribution is -2.55. The largest absolute Gasteiger partial charge is 0.434 e. The third-order valence-corrected chi connectivity index (χ3v) is 4.06. The molecule has 0 amide bonds. The van der Waals surface area contributed by atoms with Gasteiger partial charge in [0, 0.05) is 26.2 Å². The van der Waals surface area contributed by atoms with Gasteiger partial charge in [-0.05, 0) is 0 Å². The van der Waals surface area contributed by atoms with E-state index in [4.69, 9.17) is 4.74 Å². The van der Waals surface area contributed by atoms with Gasteiger partial charge >= 0.3 is 17.9 Å². The first-order chi connectivity index (χ1) is 9.54. The van der Waals surface area contributed by atoms with E-state index in [1.807, 2.05) is 9.80 Å². The molecule has 3 aliphatic heterocycles. The van der Waals surface area contributed by atoms with E-state index >= 15 is 0 Å². The van der Waals surface area contributed by atoms with Crippen molar-refractivity contribution >= 4 is 17.9 Å². The quantitative estimate of drug-likeness (QED) is 0.463. The average molecular weight is 284 g/mol. The highest BCUT2D eigenvalue weighted by Gasteiger charge is 2.42. The number of nitrogens with zero attached hydrogens (tertiary/aromatic N) is 2. The molecule has 0 saturated carbocycles. The second kappa shape index (κ2) is 5.12. The maximum atomic E-state index is 11.5. The van der Waals surface area contributed by atoms with Crippen LogP contribution in [0.1, 0.15) is 12.8 Å². The molecule has 0 aromatic heterocycles. The molecule has 20 heavy (non-hydrogen) atoms. The second-order valence-corrected chi connectivity index (χ2v) is 5.24. The van der Waals surface area contributed by atoms with Gasteiger partial charge < -0.3 is 14.6 Å². The zero-order valence-electron chi connectivity index (χ0n) is 10.9. The Morgan fingerprint density at radius 3 is 2.10 bits per heavy atom. The van der Waals surface area contributed by atoms with Gasteiger partial charge in [-0.2, -0.15) is 0 Å². The number of hydrogen-bond acceptors (Lipinski definition) is 8. The van der Waals surface area contributed by atoms with Crippen molar-refractivity contribution in [1.29, 1.82) is 0 Å². The van der Waals surface area contributed by atoms with Crippen molar-refractivity contribution < 1.29 is 29.0 Å². The number of ether oxygens (including phenoxy) is 2. The monoisotopic (exact) mass is 284 g/mol.